The smallest absolute Gasteiger partial charge is 0.303 e. The molecule has 1 fully saturated rings. The van der Waals surface area contributed by atoms with E-state index in [9.17, 15) is 14.4 Å². The summed E-state index contributed by atoms with van der Waals surface area (Å²) in [7, 11) is 0. The molecule has 1 saturated heterocycles. The van der Waals surface area contributed by atoms with Crippen molar-refractivity contribution in [2.75, 3.05) is 13.2 Å². The maximum atomic E-state index is 11.6. The lowest BCUT2D eigenvalue weighted by atomic mass is 9.97. The van der Waals surface area contributed by atoms with Gasteiger partial charge in [0.15, 0.2) is 12.2 Å². The number of hydrogen-bond donors (Lipinski definition) is 1. The maximum Gasteiger partial charge on any atom is 0.303 e. The molecule has 0 radical (unpaired) electrons. The number of esters is 2. The number of ether oxygens (including phenoxy) is 3. The molecule has 1 aliphatic rings. The van der Waals surface area contributed by atoms with E-state index >= 15 is 0 Å². The quantitative estimate of drug-likeness (QED) is 0.584. The number of carbonyl (C=O) groups is 3. The maximum absolute atomic E-state index is 11.6. The molecule has 0 bridgehead atoms. The summed E-state index contributed by atoms with van der Waals surface area (Å²) in [5, 5.41) is 2.39. The standard InChI is InChI=1S/C12H16Cl3NO6/c1-6(17)21-8-4-20-11(3,9(8)22-7(2)18)5-16-10(19)12(13,14)15/h8-9H,4-5H2,1-3H3,(H,16,19)/t8-,9-,11-/m1/s1. The highest BCUT2D eigenvalue weighted by Gasteiger charge is 2.51. The van der Waals surface area contributed by atoms with Crippen LogP contribution >= 0.6 is 34.8 Å². The van der Waals surface area contributed by atoms with Crippen molar-refractivity contribution in [3.63, 3.8) is 0 Å². The van der Waals surface area contributed by atoms with Gasteiger partial charge in [0.05, 0.1) is 13.2 Å². The van der Waals surface area contributed by atoms with Gasteiger partial charge in [-0.05, 0) is 6.92 Å². The molecule has 1 amide bonds. The molecule has 1 N–H and O–H groups in total. The molecule has 0 aliphatic carbocycles. The van der Waals surface area contributed by atoms with Crippen LogP contribution in [0.4, 0.5) is 0 Å². The molecule has 0 aromatic heterocycles. The Morgan fingerprint density at radius 3 is 2.23 bits per heavy atom. The van der Waals surface area contributed by atoms with Crippen LogP contribution in [0.3, 0.4) is 0 Å². The van der Waals surface area contributed by atoms with Crippen molar-refractivity contribution in [2.24, 2.45) is 0 Å². The molecule has 1 rings (SSSR count). The number of carbonyl (C=O) groups excluding carboxylic acids is 3. The van der Waals surface area contributed by atoms with Gasteiger partial charge in [0.25, 0.3) is 9.70 Å². The number of rotatable bonds is 4. The summed E-state index contributed by atoms with van der Waals surface area (Å²) in [5.41, 5.74) is -1.13. The van der Waals surface area contributed by atoms with Gasteiger partial charge in [-0.15, -0.1) is 0 Å². The first-order valence-corrected chi connectivity index (χ1v) is 7.42. The Bertz CT molecular complexity index is 466. The van der Waals surface area contributed by atoms with Gasteiger partial charge in [0.2, 0.25) is 0 Å². The van der Waals surface area contributed by atoms with E-state index in [1.165, 1.54) is 13.8 Å². The third kappa shape index (κ3) is 5.15. The van der Waals surface area contributed by atoms with E-state index in [4.69, 9.17) is 49.0 Å². The molecule has 0 aromatic carbocycles. The van der Waals surface area contributed by atoms with E-state index in [1.807, 2.05) is 0 Å². The lowest BCUT2D eigenvalue weighted by molar-refractivity contribution is -0.167. The molecule has 0 spiro atoms. The number of amides is 1. The highest BCUT2D eigenvalue weighted by atomic mass is 35.6. The molecule has 0 saturated carbocycles. The van der Waals surface area contributed by atoms with Crippen LogP contribution < -0.4 is 5.32 Å². The summed E-state index contributed by atoms with van der Waals surface area (Å²) in [6.45, 7) is 3.93. The first kappa shape index (κ1) is 19.3. The number of halogens is 3. The molecule has 10 heteroatoms. The topological polar surface area (TPSA) is 90.9 Å². The van der Waals surface area contributed by atoms with Crippen molar-refractivity contribution < 1.29 is 28.6 Å². The molecule has 22 heavy (non-hydrogen) atoms. The van der Waals surface area contributed by atoms with Crippen LogP contribution in [0.25, 0.3) is 0 Å². The Morgan fingerprint density at radius 1 is 1.23 bits per heavy atom. The number of nitrogens with one attached hydrogen (secondary N) is 1. The van der Waals surface area contributed by atoms with Gasteiger partial charge in [0.1, 0.15) is 5.60 Å². The molecular weight excluding hydrogens is 360 g/mol. The third-order valence-electron chi connectivity index (χ3n) is 2.98. The zero-order chi connectivity index (χ0) is 17.1. The van der Waals surface area contributed by atoms with Crippen molar-refractivity contribution in [3.05, 3.63) is 0 Å². The third-order valence-corrected chi connectivity index (χ3v) is 3.50. The van der Waals surface area contributed by atoms with Gasteiger partial charge in [-0.2, -0.15) is 0 Å². The Morgan fingerprint density at radius 2 is 1.77 bits per heavy atom. The predicted octanol–water partition coefficient (Wildman–Crippen LogP) is 1.13. The van der Waals surface area contributed by atoms with Crippen molar-refractivity contribution in [1.82, 2.24) is 5.32 Å². The van der Waals surface area contributed by atoms with Crippen LogP contribution in [0.5, 0.6) is 0 Å². The Balaban J connectivity index is 2.82. The molecule has 1 aliphatic heterocycles. The predicted molar refractivity (Wildman–Crippen MR) is 78.8 cm³/mol. The lowest BCUT2D eigenvalue weighted by Gasteiger charge is -2.31. The average molecular weight is 377 g/mol. The van der Waals surface area contributed by atoms with Crippen molar-refractivity contribution in [2.45, 2.75) is 42.4 Å². The monoisotopic (exact) mass is 375 g/mol. The van der Waals surface area contributed by atoms with E-state index in [1.54, 1.807) is 6.92 Å². The summed E-state index contributed by atoms with van der Waals surface area (Å²) < 4.78 is 13.6. The summed E-state index contributed by atoms with van der Waals surface area (Å²) in [6, 6.07) is 0. The van der Waals surface area contributed by atoms with E-state index in [2.05, 4.69) is 5.32 Å². The fourth-order valence-electron chi connectivity index (χ4n) is 2.03. The Kier molecular flexibility index (Phi) is 6.32. The van der Waals surface area contributed by atoms with Crippen molar-refractivity contribution in [3.8, 4) is 0 Å². The molecule has 0 unspecified atom stereocenters. The van der Waals surface area contributed by atoms with Crippen molar-refractivity contribution >= 4 is 52.6 Å². The minimum atomic E-state index is -2.12. The van der Waals surface area contributed by atoms with Gasteiger partial charge in [-0.3, -0.25) is 14.4 Å². The highest BCUT2D eigenvalue weighted by molar-refractivity contribution is 6.76. The Labute approximate surface area is 142 Å². The van der Waals surface area contributed by atoms with Gasteiger partial charge < -0.3 is 19.5 Å². The van der Waals surface area contributed by atoms with Gasteiger partial charge in [-0.25, -0.2) is 0 Å². The van der Waals surface area contributed by atoms with Crippen LogP contribution in [0.15, 0.2) is 0 Å². The highest BCUT2D eigenvalue weighted by Crippen LogP contribution is 2.31. The van der Waals surface area contributed by atoms with Gasteiger partial charge >= 0.3 is 11.9 Å². The number of hydrogen-bond acceptors (Lipinski definition) is 6. The zero-order valence-electron chi connectivity index (χ0n) is 12.2. The normalized spacial score (nSPS) is 28.1. The summed E-state index contributed by atoms with van der Waals surface area (Å²) in [6.07, 6.45) is -1.68. The van der Waals surface area contributed by atoms with E-state index in [0.29, 0.717) is 0 Å². The van der Waals surface area contributed by atoms with Crippen LogP contribution in [0, 0.1) is 0 Å². The SMILES string of the molecule is CC(=O)O[C@@H]1[C@H](OC(C)=O)CO[C@]1(C)CNC(=O)C(Cl)(Cl)Cl. The van der Waals surface area contributed by atoms with Crippen LogP contribution in [0.1, 0.15) is 20.8 Å². The number of alkyl halides is 3. The van der Waals surface area contributed by atoms with Crippen LogP contribution in [-0.4, -0.2) is 52.6 Å². The second-order valence-electron chi connectivity index (χ2n) is 4.98. The lowest BCUT2D eigenvalue weighted by Crippen LogP contribution is -2.53. The fourth-order valence-corrected chi connectivity index (χ4v) is 2.23. The molecule has 126 valence electrons. The summed E-state index contributed by atoms with van der Waals surface area (Å²) >= 11 is 16.4. The molecule has 3 atom stereocenters. The molecule has 7 nitrogen and oxygen atoms in total. The average Bonchev–Trinajstić information content (AvgIpc) is 2.63. The summed E-state index contributed by atoms with van der Waals surface area (Å²) in [5.74, 6) is -1.97. The second kappa shape index (κ2) is 7.21. The first-order valence-electron chi connectivity index (χ1n) is 6.29. The minimum Gasteiger partial charge on any atom is -0.456 e. The fraction of sp³-hybridized carbons (Fsp3) is 0.750. The summed E-state index contributed by atoms with van der Waals surface area (Å²) in [4.78, 5) is 33.9. The van der Waals surface area contributed by atoms with Gasteiger partial charge in [-0.1, -0.05) is 34.8 Å². The van der Waals surface area contributed by atoms with Gasteiger partial charge in [0, 0.05) is 13.8 Å². The molecular formula is C12H16Cl3NO6. The zero-order valence-corrected chi connectivity index (χ0v) is 14.4. The van der Waals surface area contributed by atoms with Crippen LogP contribution in [-0.2, 0) is 28.6 Å². The first-order chi connectivity index (χ1) is 9.95. The van der Waals surface area contributed by atoms with Crippen LogP contribution in [0.2, 0.25) is 0 Å². The van der Waals surface area contributed by atoms with E-state index in [0.717, 1.165) is 0 Å². The van der Waals surface area contributed by atoms with E-state index in [-0.39, 0.29) is 13.2 Å². The minimum absolute atomic E-state index is 0.0116. The van der Waals surface area contributed by atoms with E-state index < -0.39 is 39.4 Å². The largest absolute Gasteiger partial charge is 0.456 e. The van der Waals surface area contributed by atoms with Crippen molar-refractivity contribution in [1.29, 1.82) is 0 Å². The Hall–Kier alpha value is -0.760. The molecule has 0 aromatic rings. The molecule has 1 heterocycles. The second-order valence-corrected chi connectivity index (χ2v) is 7.26.